The highest BCUT2D eigenvalue weighted by molar-refractivity contribution is 5.80. The first-order chi connectivity index (χ1) is 12.7. The number of nitrogens with one attached hydrogen (secondary N) is 1. The molecule has 2 saturated carbocycles. The minimum Gasteiger partial charge on any atom is -0.353 e. The molecule has 0 atom stereocenters. The lowest BCUT2D eigenvalue weighted by atomic mass is 9.86. The Balaban J connectivity index is 1.49. The summed E-state index contributed by atoms with van der Waals surface area (Å²) in [4.78, 5) is 7.54. The van der Waals surface area contributed by atoms with E-state index in [1.807, 2.05) is 18.5 Å². The number of aliphatic imine (C=N–C) groups is 1. The normalized spacial score (nSPS) is 23.9. The maximum Gasteiger partial charge on any atom is 0.194 e. The summed E-state index contributed by atoms with van der Waals surface area (Å²) in [5.41, 5.74) is 0.566. The van der Waals surface area contributed by atoms with Gasteiger partial charge in [0.15, 0.2) is 11.8 Å². The Kier molecular flexibility index (Phi) is 5.18. The number of likely N-dealkylation sites (tertiary alicyclic amines) is 1. The van der Waals surface area contributed by atoms with Gasteiger partial charge in [-0.15, -0.1) is 10.2 Å². The number of nitrogens with zero attached hydrogens (tertiary/aromatic N) is 5. The fraction of sp³-hybridized carbons (Fsp3) is 0.850. The van der Waals surface area contributed by atoms with Crippen LogP contribution >= 0.6 is 0 Å². The molecule has 1 saturated heterocycles. The highest BCUT2D eigenvalue weighted by Gasteiger charge is 2.41. The number of rotatable bonds is 3. The van der Waals surface area contributed by atoms with Crippen molar-refractivity contribution in [3.05, 3.63) is 11.6 Å². The maximum absolute atomic E-state index is 5.01. The summed E-state index contributed by atoms with van der Waals surface area (Å²) in [5, 5.41) is 12.3. The zero-order chi connectivity index (χ0) is 18.0. The second-order valence-corrected chi connectivity index (χ2v) is 8.72. The van der Waals surface area contributed by atoms with Crippen molar-refractivity contribution in [2.24, 2.45) is 17.5 Å². The molecule has 6 nitrogen and oxygen atoms in total. The quantitative estimate of drug-likeness (QED) is 0.666. The van der Waals surface area contributed by atoms with E-state index in [-0.39, 0.29) is 0 Å². The molecule has 4 rings (SSSR count). The van der Waals surface area contributed by atoms with Crippen molar-refractivity contribution in [2.75, 3.05) is 13.1 Å². The van der Waals surface area contributed by atoms with Crippen LogP contribution in [0.4, 0.5) is 0 Å². The van der Waals surface area contributed by atoms with Gasteiger partial charge in [-0.05, 0) is 44.4 Å². The molecule has 1 spiro atoms. The molecule has 0 aromatic carbocycles. The summed E-state index contributed by atoms with van der Waals surface area (Å²) in [7, 11) is 2.03. The molecule has 0 unspecified atom stereocenters. The second kappa shape index (κ2) is 7.57. The standard InChI is InChI=1S/C20H34N6/c1-16-23-24-18(25(16)2)14-21-19(22-17-8-4-3-5-9-17)26-13-12-20(15-26)10-6-7-11-20/h17H,3-15H2,1-2H3,(H,21,22). The first kappa shape index (κ1) is 17.8. The third-order valence-corrected chi connectivity index (χ3v) is 6.89. The number of aryl methyl sites for hydroxylation is 1. The Labute approximate surface area is 157 Å². The van der Waals surface area contributed by atoms with E-state index in [0.29, 0.717) is 18.0 Å². The highest BCUT2D eigenvalue weighted by atomic mass is 15.3. The van der Waals surface area contributed by atoms with Crippen LogP contribution in [0.1, 0.15) is 75.9 Å². The van der Waals surface area contributed by atoms with Crippen molar-refractivity contribution in [3.63, 3.8) is 0 Å². The van der Waals surface area contributed by atoms with Gasteiger partial charge in [-0.25, -0.2) is 4.99 Å². The van der Waals surface area contributed by atoms with Crippen LogP contribution in [0.3, 0.4) is 0 Å². The monoisotopic (exact) mass is 358 g/mol. The van der Waals surface area contributed by atoms with Crippen LogP contribution in [0.25, 0.3) is 0 Å². The molecular formula is C20H34N6. The van der Waals surface area contributed by atoms with Gasteiger partial charge >= 0.3 is 0 Å². The molecule has 2 heterocycles. The predicted octanol–water partition coefficient (Wildman–Crippen LogP) is 3.17. The number of hydrogen-bond donors (Lipinski definition) is 1. The molecule has 144 valence electrons. The summed E-state index contributed by atoms with van der Waals surface area (Å²) in [5.74, 6) is 3.00. The van der Waals surface area contributed by atoms with Crippen LogP contribution in [-0.2, 0) is 13.6 Å². The van der Waals surface area contributed by atoms with Gasteiger partial charge in [0, 0.05) is 26.2 Å². The van der Waals surface area contributed by atoms with Gasteiger partial charge in [-0.2, -0.15) is 0 Å². The van der Waals surface area contributed by atoms with E-state index < -0.39 is 0 Å². The van der Waals surface area contributed by atoms with Crippen molar-refractivity contribution in [3.8, 4) is 0 Å². The summed E-state index contributed by atoms with van der Waals surface area (Å²) in [6.07, 6.45) is 13.6. The van der Waals surface area contributed by atoms with Gasteiger partial charge in [-0.3, -0.25) is 0 Å². The number of guanidine groups is 1. The molecule has 1 aromatic rings. The number of hydrogen-bond acceptors (Lipinski definition) is 3. The Morgan fingerprint density at radius 1 is 1.12 bits per heavy atom. The SMILES string of the molecule is Cc1nnc(CN=C(NC2CCCCC2)N2CCC3(CCCC3)C2)n1C. The Morgan fingerprint density at radius 2 is 1.88 bits per heavy atom. The van der Waals surface area contributed by atoms with Crippen molar-refractivity contribution in [1.82, 2.24) is 25.0 Å². The molecule has 1 N–H and O–H groups in total. The van der Waals surface area contributed by atoms with E-state index in [2.05, 4.69) is 20.4 Å². The van der Waals surface area contributed by atoms with E-state index in [4.69, 9.17) is 4.99 Å². The first-order valence-electron chi connectivity index (χ1n) is 10.6. The van der Waals surface area contributed by atoms with Crippen LogP contribution < -0.4 is 5.32 Å². The van der Waals surface area contributed by atoms with E-state index in [0.717, 1.165) is 24.2 Å². The summed E-state index contributed by atoms with van der Waals surface area (Å²) >= 11 is 0. The molecule has 1 aliphatic heterocycles. The molecule has 0 radical (unpaired) electrons. The molecule has 0 bridgehead atoms. The topological polar surface area (TPSA) is 58.3 Å². The third kappa shape index (κ3) is 3.74. The van der Waals surface area contributed by atoms with E-state index in [1.54, 1.807) is 0 Å². The zero-order valence-corrected chi connectivity index (χ0v) is 16.5. The van der Waals surface area contributed by atoms with Crippen molar-refractivity contribution >= 4 is 5.96 Å². The highest BCUT2D eigenvalue weighted by Crippen LogP contribution is 2.45. The average molecular weight is 359 g/mol. The lowest BCUT2D eigenvalue weighted by molar-refractivity contribution is 0.305. The lowest BCUT2D eigenvalue weighted by Crippen LogP contribution is -2.46. The van der Waals surface area contributed by atoms with Crippen LogP contribution in [0.15, 0.2) is 4.99 Å². The predicted molar refractivity (Wildman–Crippen MR) is 104 cm³/mol. The fourth-order valence-electron chi connectivity index (χ4n) is 5.05. The molecular weight excluding hydrogens is 324 g/mol. The Morgan fingerprint density at radius 3 is 2.58 bits per heavy atom. The van der Waals surface area contributed by atoms with E-state index >= 15 is 0 Å². The second-order valence-electron chi connectivity index (χ2n) is 8.72. The maximum atomic E-state index is 5.01. The van der Waals surface area contributed by atoms with Gasteiger partial charge in [-0.1, -0.05) is 32.1 Å². The third-order valence-electron chi connectivity index (χ3n) is 6.89. The van der Waals surface area contributed by atoms with Crippen LogP contribution in [0.5, 0.6) is 0 Å². The van der Waals surface area contributed by atoms with Gasteiger partial charge in [0.2, 0.25) is 0 Å². The molecule has 2 aliphatic carbocycles. The van der Waals surface area contributed by atoms with Crippen molar-refractivity contribution < 1.29 is 0 Å². The van der Waals surface area contributed by atoms with Gasteiger partial charge in [0.1, 0.15) is 12.4 Å². The average Bonchev–Trinajstić information content (AvgIpc) is 3.37. The molecule has 6 heteroatoms. The molecule has 3 fully saturated rings. The first-order valence-corrected chi connectivity index (χ1v) is 10.6. The molecule has 0 amide bonds. The molecule has 3 aliphatic rings. The zero-order valence-electron chi connectivity index (χ0n) is 16.5. The van der Waals surface area contributed by atoms with Crippen molar-refractivity contribution in [2.45, 2.75) is 83.7 Å². The summed E-state index contributed by atoms with van der Waals surface area (Å²) < 4.78 is 2.05. The molecule has 1 aromatic heterocycles. The Hall–Kier alpha value is -1.59. The minimum absolute atomic E-state index is 0.566. The van der Waals surface area contributed by atoms with Gasteiger partial charge < -0.3 is 14.8 Å². The van der Waals surface area contributed by atoms with Crippen molar-refractivity contribution in [1.29, 1.82) is 0 Å². The number of aromatic nitrogens is 3. The van der Waals surface area contributed by atoms with Gasteiger partial charge in [0.25, 0.3) is 0 Å². The molecule has 26 heavy (non-hydrogen) atoms. The lowest BCUT2D eigenvalue weighted by Gasteiger charge is -2.30. The Bertz CT molecular complexity index is 637. The van der Waals surface area contributed by atoms with E-state index in [9.17, 15) is 0 Å². The summed E-state index contributed by atoms with van der Waals surface area (Å²) in [6.45, 7) is 4.93. The van der Waals surface area contributed by atoms with Gasteiger partial charge in [0.05, 0.1) is 0 Å². The largest absolute Gasteiger partial charge is 0.353 e. The summed E-state index contributed by atoms with van der Waals surface area (Å²) in [6, 6.07) is 0.587. The van der Waals surface area contributed by atoms with Crippen LogP contribution in [-0.4, -0.2) is 44.8 Å². The van der Waals surface area contributed by atoms with Crippen LogP contribution in [0, 0.1) is 12.3 Å². The smallest absolute Gasteiger partial charge is 0.194 e. The minimum atomic E-state index is 0.566. The fourth-order valence-corrected chi connectivity index (χ4v) is 5.05. The van der Waals surface area contributed by atoms with E-state index in [1.165, 1.54) is 70.8 Å². The van der Waals surface area contributed by atoms with Crippen LogP contribution in [0.2, 0.25) is 0 Å².